The van der Waals surface area contributed by atoms with Gasteiger partial charge in [0, 0.05) is 5.16 Å². The Morgan fingerprint density at radius 3 is 2.20 bits per heavy atom. The predicted octanol–water partition coefficient (Wildman–Crippen LogP) is 3.61. The van der Waals surface area contributed by atoms with Gasteiger partial charge < -0.3 is 9.39 Å². The van der Waals surface area contributed by atoms with Gasteiger partial charge in [-0.15, -0.1) is 9.24 Å². The molecule has 1 aromatic carbocycles. The molecule has 3 nitrogen and oxygen atoms in total. The molecule has 25 heavy (non-hydrogen) atoms. The topological polar surface area (TPSA) is 35.5 Å². The van der Waals surface area contributed by atoms with Crippen molar-refractivity contribution in [3.8, 4) is 0 Å². The van der Waals surface area contributed by atoms with Crippen molar-refractivity contribution in [2.45, 2.75) is 70.6 Å². The van der Waals surface area contributed by atoms with E-state index in [1.807, 2.05) is 38.7 Å². The lowest BCUT2D eigenvalue weighted by molar-refractivity contribution is -0.146. The lowest BCUT2D eigenvalue weighted by Crippen LogP contribution is -2.51. The largest absolute Gasteiger partial charge is 0.465 e. The first-order chi connectivity index (χ1) is 11.6. The first-order valence-electron chi connectivity index (χ1n) is 9.14. The summed E-state index contributed by atoms with van der Waals surface area (Å²) in [5, 5.41) is -0.0560. The van der Waals surface area contributed by atoms with Crippen molar-refractivity contribution < 1.29 is 14.2 Å². The monoisotopic (exact) mass is 361 g/mol. The minimum Gasteiger partial charge on any atom is -0.465 e. The van der Waals surface area contributed by atoms with Crippen LogP contribution in [0.3, 0.4) is 0 Å². The number of esters is 1. The Hall–Kier alpha value is -0.855. The SMILES string of the molecule is CCOC(=O)C1(c2ccc([B]OC(C)(C(C)C)C(C)(C)P)cc2)CC1. The molecule has 0 spiro atoms. The van der Waals surface area contributed by atoms with Gasteiger partial charge in [-0.2, -0.15) is 0 Å². The number of carbonyl (C=O) groups excluding carboxylic acids is 1. The van der Waals surface area contributed by atoms with Gasteiger partial charge in [-0.3, -0.25) is 4.79 Å². The highest BCUT2D eigenvalue weighted by Gasteiger charge is 2.52. The molecule has 137 valence electrons. The Labute approximate surface area is 155 Å². The van der Waals surface area contributed by atoms with Crippen LogP contribution in [0, 0.1) is 5.92 Å². The van der Waals surface area contributed by atoms with Crippen molar-refractivity contribution in [3.63, 3.8) is 0 Å². The van der Waals surface area contributed by atoms with Crippen LogP contribution in [0.4, 0.5) is 0 Å². The zero-order chi connectivity index (χ0) is 18.9. The van der Waals surface area contributed by atoms with Gasteiger partial charge in [0.15, 0.2) is 0 Å². The third-order valence-electron chi connectivity index (χ3n) is 5.70. The van der Waals surface area contributed by atoms with E-state index in [4.69, 9.17) is 9.39 Å². The molecule has 2 rings (SSSR count). The molecule has 0 aromatic heterocycles. The molecule has 2 atom stereocenters. The van der Waals surface area contributed by atoms with E-state index in [1.54, 1.807) is 0 Å². The van der Waals surface area contributed by atoms with Crippen molar-refractivity contribution >= 4 is 28.2 Å². The van der Waals surface area contributed by atoms with Gasteiger partial charge in [0.1, 0.15) is 0 Å². The molecule has 1 aliphatic carbocycles. The Bertz CT molecular complexity index is 602. The van der Waals surface area contributed by atoms with Crippen LogP contribution >= 0.6 is 9.24 Å². The van der Waals surface area contributed by atoms with Gasteiger partial charge in [-0.25, -0.2) is 0 Å². The normalized spacial score (nSPS) is 18.6. The summed E-state index contributed by atoms with van der Waals surface area (Å²) in [6, 6.07) is 8.09. The summed E-state index contributed by atoms with van der Waals surface area (Å²) >= 11 is 0. The van der Waals surface area contributed by atoms with Crippen LogP contribution in [0.1, 0.15) is 59.9 Å². The second kappa shape index (κ2) is 7.41. The summed E-state index contributed by atoms with van der Waals surface area (Å²) in [5.74, 6) is 0.272. The van der Waals surface area contributed by atoms with E-state index >= 15 is 0 Å². The smallest absolute Gasteiger partial charge is 0.330 e. The molecule has 0 heterocycles. The van der Waals surface area contributed by atoms with Crippen molar-refractivity contribution in [1.82, 2.24) is 0 Å². The first-order valence-corrected chi connectivity index (χ1v) is 9.72. The van der Waals surface area contributed by atoms with Crippen LogP contribution in [0.25, 0.3) is 0 Å². The maximum atomic E-state index is 12.2. The lowest BCUT2D eigenvalue weighted by atomic mass is 9.77. The fourth-order valence-corrected chi connectivity index (χ4v) is 3.51. The third kappa shape index (κ3) is 4.12. The Morgan fingerprint density at radius 1 is 1.24 bits per heavy atom. The number of benzene rings is 1. The minimum absolute atomic E-state index is 0.0560. The molecule has 1 radical (unpaired) electrons. The Morgan fingerprint density at radius 2 is 1.80 bits per heavy atom. The van der Waals surface area contributed by atoms with Gasteiger partial charge >= 0.3 is 13.5 Å². The van der Waals surface area contributed by atoms with Gasteiger partial charge in [0.05, 0.1) is 17.6 Å². The first kappa shape index (κ1) is 20.5. The van der Waals surface area contributed by atoms with E-state index in [0.29, 0.717) is 12.5 Å². The molecule has 5 heteroatoms. The summed E-state index contributed by atoms with van der Waals surface area (Å²) < 4.78 is 11.5. The molecular formula is C20H31BO3P. The van der Waals surface area contributed by atoms with Crippen molar-refractivity contribution in [3.05, 3.63) is 29.8 Å². The molecule has 1 saturated carbocycles. The highest BCUT2D eigenvalue weighted by atomic mass is 31.0. The van der Waals surface area contributed by atoms with Crippen LogP contribution in [0.5, 0.6) is 0 Å². The highest BCUT2D eigenvalue weighted by Crippen LogP contribution is 2.49. The van der Waals surface area contributed by atoms with Gasteiger partial charge in [-0.1, -0.05) is 57.4 Å². The fraction of sp³-hybridized carbons (Fsp3) is 0.650. The second-order valence-corrected chi connectivity index (χ2v) is 9.59. The molecule has 1 fully saturated rings. The summed E-state index contributed by atoms with van der Waals surface area (Å²) in [6.07, 6.45) is 1.75. The van der Waals surface area contributed by atoms with Crippen LogP contribution in [-0.2, 0) is 19.6 Å². The molecule has 0 N–H and O–H groups in total. The number of carbonyl (C=O) groups is 1. The van der Waals surface area contributed by atoms with Gasteiger partial charge in [0.25, 0.3) is 0 Å². The number of hydrogen-bond donors (Lipinski definition) is 0. The molecule has 1 aliphatic rings. The predicted molar refractivity (Wildman–Crippen MR) is 107 cm³/mol. The fourth-order valence-electron chi connectivity index (χ4n) is 3.11. The van der Waals surface area contributed by atoms with Crippen LogP contribution in [0.15, 0.2) is 24.3 Å². The molecule has 2 unspecified atom stereocenters. The van der Waals surface area contributed by atoms with E-state index in [-0.39, 0.29) is 16.7 Å². The summed E-state index contributed by atoms with van der Waals surface area (Å²) in [5.41, 5.74) is 1.34. The zero-order valence-electron chi connectivity index (χ0n) is 16.4. The van der Waals surface area contributed by atoms with Crippen LogP contribution in [-0.4, -0.2) is 30.8 Å². The highest BCUT2D eigenvalue weighted by molar-refractivity contribution is 7.19. The Balaban J connectivity index is 2.07. The molecular weight excluding hydrogens is 330 g/mol. The van der Waals surface area contributed by atoms with Gasteiger partial charge in [-0.05, 0) is 38.2 Å². The second-order valence-electron chi connectivity index (χ2n) is 8.14. The van der Waals surface area contributed by atoms with E-state index in [2.05, 4.69) is 43.9 Å². The minimum atomic E-state index is -0.413. The molecule has 0 aliphatic heterocycles. The summed E-state index contributed by atoms with van der Waals surface area (Å²) in [4.78, 5) is 12.2. The Kier molecular flexibility index (Phi) is 6.06. The average molecular weight is 361 g/mol. The van der Waals surface area contributed by atoms with Crippen molar-refractivity contribution in [2.24, 2.45) is 5.92 Å². The van der Waals surface area contributed by atoms with Crippen LogP contribution < -0.4 is 5.46 Å². The average Bonchev–Trinajstić information content (AvgIpc) is 3.34. The van der Waals surface area contributed by atoms with E-state index < -0.39 is 5.41 Å². The van der Waals surface area contributed by atoms with E-state index in [0.717, 1.165) is 23.9 Å². The van der Waals surface area contributed by atoms with Crippen LogP contribution in [0.2, 0.25) is 0 Å². The molecule has 1 aromatic rings. The van der Waals surface area contributed by atoms with E-state index in [9.17, 15) is 4.79 Å². The van der Waals surface area contributed by atoms with Gasteiger partial charge in [0.2, 0.25) is 0 Å². The number of ether oxygens (including phenoxy) is 1. The number of rotatable bonds is 8. The molecule has 0 amide bonds. The zero-order valence-corrected chi connectivity index (χ0v) is 17.5. The maximum Gasteiger partial charge on any atom is 0.330 e. The van der Waals surface area contributed by atoms with Crippen molar-refractivity contribution in [1.29, 1.82) is 0 Å². The van der Waals surface area contributed by atoms with E-state index in [1.165, 1.54) is 0 Å². The quantitative estimate of drug-likeness (QED) is 0.403. The number of hydrogen-bond acceptors (Lipinski definition) is 3. The molecule has 0 bridgehead atoms. The maximum absolute atomic E-state index is 12.2. The van der Waals surface area contributed by atoms with Crippen molar-refractivity contribution in [2.75, 3.05) is 6.61 Å². The summed E-state index contributed by atoms with van der Waals surface area (Å²) in [7, 11) is 4.73. The standard InChI is InChI=1S/C20H31BO3P/c1-7-23-17(22)20(12-13-20)15-8-10-16(11-9-15)21-24-19(6,14(2)3)18(4,5)25/h8-11,14H,7,12-13,25H2,1-6H3. The lowest BCUT2D eigenvalue weighted by Gasteiger charge is -2.45. The third-order valence-corrected chi connectivity index (χ3v) is 6.27. The molecule has 0 saturated heterocycles. The summed E-state index contributed by atoms with van der Waals surface area (Å²) in [6.45, 7) is 13.1.